The van der Waals surface area contributed by atoms with Crippen LogP contribution in [0.1, 0.15) is 79.7 Å². The molecule has 0 spiro atoms. The molecule has 1 aromatic heterocycles. The molecule has 0 fully saturated rings. The molecule has 3 rings (SSSR count). The number of benzene rings is 2. The highest BCUT2D eigenvalue weighted by Crippen LogP contribution is 2.30. The van der Waals surface area contributed by atoms with Crippen LogP contribution in [0.2, 0.25) is 0 Å². The molecule has 0 saturated carbocycles. The number of para-hydroxylation sites is 1. The first-order valence-electron chi connectivity index (χ1n) is 11.6. The summed E-state index contributed by atoms with van der Waals surface area (Å²) in [7, 11) is 0. The third-order valence-corrected chi connectivity index (χ3v) is 5.92. The van der Waals surface area contributed by atoms with Crippen LogP contribution in [0.3, 0.4) is 0 Å². The van der Waals surface area contributed by atoms with E-state index in [2.05, 4.69) is 12.2 Å². The van der Waals surface area contributed by atoms with Gasteiger partial charge in [-0.1, -0.05) is 59.1 Å². The van der Waals surface area contributed by atoms with E-state index in [-0.39, 0.29) is 16.9 Å². The summed E-state index contributed by atoms with van der Waals surface area (Å²) < 4.78 is 1.55. The number of amides is 1. The molecule has 7 heteroatoms. The third kappa shape index (κ3) is 5.14. The van der Waals surface area contributed by atoms with Gasteiger partial charge in [-0.05, 0) is 47.7 Å². The number of fused-ring (bicyclic) bond motifs is 1. The second kappa shape index (κ2) is 10.1. The van der Waals surface area contributed by atoms with Crippen LogP contribution in [-0.2, 0) is 12.0 Å². The Labute approximate surface area is 199 Å². The zero-order valence-electron chi connectivity index (χ0n) is 20.1. The van der Waals surface area contributed by atoms with E-state index >= 15 is 0 Å². The summed E-state index contributed by atoms with van der Waals surface area (Å²) in [5.41, 5.74) is 0.268. The largest absolute Gasteiger partial charge is 0.506 e. The van der Waals surface area contributed by atoms with Gasteiger partial charge in [0.1, 0.15) is 11.3 Å². The number of hydrogen-bond acceptors (Lipinski definition) is 4. The fourth-order valence-corrected chi connectivity index (χ4v) is 4.14. The van der Waals surface area contributed by atoms with E-state index in [1.807, 2.05) is 20.8 Å². The van der Waals surface area contributed by atoms with Crippen LogP contribution in [0.15, 0.2) is 47.3 Å². The van der Waals surface area contributed by atoms with E-state index in [0.29, 0.717) is 28.7 Å². The van der Waals surface area contributed by atoms with E-state index < -0.39 is 22.9 Å². The number of nitrogens with one attached hydrogen (secondary N) is 1. The average Bonchev–Trinajstić information content (AvgIpc) is 2.78. The molecule has 3 aromatic rings. The van der Waals surface area contributed by atoms with Crippen LogP contribution >= 0.6 is 0 Å². The molecule has 0 radical (unpaired) electrons. The summed E-state index contributed by atoms with van der Waals surface area (Å²) in [6.45, 7) is 8.20. The van der Waals surface area contributed by atoms with Gasteiger partial charge in [0.15, 0.2) is 0 Å². The predicted octanol–water partition coefficient (Wildman–Crippen LogP) is 5.54. The van der Waals surface area contributed by atoms with Crippen LogP contribution in [0.5, 0.6) is 5.75 Å². The highest BCUT2D eigenvalue weighted by Gasteiger charge is 2.25. The van der Waals surface area contributed by atoms with Gasteiger partial charge in [-0.2, -0.15) is 0 Å². The molecule has 7 nitrogen and oxygen atoms in total. The zero-order valence-corrected chi connectivity index (χ0v) is 20.1. The van der Waals surface area contributed by atoms with Crippen molar-refractivity contribution < 1.29 is 19.8 Å². The Hall–Kier alpha value is -3.61. The average molecular weight is 465 g/mol. The molecular weight excluding hydrogens is 432 g/mol. The Morgan fingerprint density at radius 2 is 1.74 bits per heavy atom. The van der Waals surface area contributed by atoms with Gasteiger partial charge in [0, 0.05) is 17.6 Å². The van der Waals surface area contributed by atoms with Crippen molar-refractivity contribution in [1.29, 1.82) is 0 Å². The number of nitrogens with zero attached hydrogens (tertiary/aromatic N) is 1. The van der Waals surface area contributed by atoms with Crippen LogP contribution < -0.4 is 10.9 Å². The smallest absolute Gasteiger partial charge is 0.335 e. The number of carbonyl (C=O) groups excluding carboxylic acids is 1. The number of hydrogen-bond donors (Lipinski definition) is 3. The normalized spacial score (nSPS) is 11.5. The number of carboxylic acid groups (broad SMARTS) is 1. The van der Waals surface area contributed by atoms with Crippen molar-refractivity contribution in [3.8, 4) is 5.75 Å². The van der Waals surface area contributed by atoms with Gasteiger partial charge in [0.2, 0.25) is 0 Å². The maximum absolute atomic E-state index is 13.3. The van der Waals surface area contributed by atoms with Crippen molar-refractivity contribution in [1.82, 2.24) is 4.57 Å². The summed E-state index contributed by atoms with van der Waals surface area (Å²) in [6, 6.07) is 11.5. The lowest BCUT2D eigenvalue weighted by Crippen LogP contribution is -2.30. The van der Waals surface area contributed by atoms with Crippen LogP contribution in [0.25, 0.3) is 10.9 Å². The molecule has 180 valence electrons. The first-order valence-corrected chi connectivity index (χ1v) is 11.6. The molecular formula is C27H32N2O5. The van der Waals surface area contributed by atoms with Crippen molar-refractivity contribution in [3.63, 3.8) is 0 Å². The van der Waals surface area contributed by atoms with Gasteiger partial charge in [0.05, 0.1) is 11.1 Å². The van der Waals surface area contributed by atoms with E-state index in [0.717, 1.165) is 25.7 Å². The third-order valence-electron chi connectivity index (χ3n) is 5.92. The molecule has 2 aromatic carbocycles. The SMILES string of the molecule is CCCCCCn1c(=O)c(C(=O)Nc2ccc(C(=O)O)c(C(C)(C)C)c2)c(O)c2ccccc21. The first kappa shape index (κ1) is 25.0. The second-order valence-corrected chi connectivity index (χ2v) is 9.53. The minimum absolute atomic E-state index is 0.147. The summed E-state index contributed by atoms with van der Waals surface area (Å²) in [5.74, 6) is -2.15. The van der Waals surface area contributed by atoms with E-state index in [1.165, 1.54) is 12.1 Å². The highest BCUT2D eigenvalue weighted by molar-refractivity contribution is 6.09. The van der Waals surface area contributed by atoms with Crippen molar-refractivity contribution in [3.05, 3.63) is 69.5 Å². The zero-order chi connectivity index (χ0) is 25.0. The Balaban J connectivity index is 2.05. The topological polar surface area (TPSA) is 109 Å². The number of carbonyl (C=O) groups is 2. The van der Waals surface area contributed by atoms with Gasteiger partial charge in [-0.3, -0.25) is 9.59 Å². The van der Waals surface area contributed by atoms with Crippen molar-refractivity contribution >= 4 is 28.5 Å². The van der Waals surface area contributed by atoms with Gasteiger partial charge in [-0.15, -0.1) is 0 Å². The van der Waals surface area contributed by atoms with Crippen LogP contribution in [0, 0.1) is 0 Å². The Bertz CT molecular complexity index is 1280. The summed E-state index contributed by atoms with van der Waals surface area (Å²) >= 11 is 0. The number of rotatable bonds is 8. The maximum Gasteiger partial charge on any atom is 0.335 e. The number of pyridine rings is 1. The number of anilines is 1. The molecule has 0 aliphatic heterocycles. The molecule has 0 aliphatic carbocycles. The van der Waals surface area contributed by atoms with Gasteiger partial charge in [0.25, 0.3) is 11.5 Å². The lowest BCUT2D eigenvalue weighted by Gasteiger charge is -2.22. The number of carboxylic acids is 1. The fourth-order valence-electron chi connectivity index (χ4n) is 4.14. The lowest BCUT2D eigenvalue weighted by molar-refractivity contribution is 0.0694. The second-order valence-electron chi connectivity index (χ2n) is 9.53. The van der Waals surface area contributed by atoms with Crippen LogP contribution in [0.4, 0.5) is 5.69 Å². The quantitative estimate of drug-likeness (QED) is 0.380. The van der Waals surface area contributed by atoms with Gasteiger partial charge in [-0.25, -0.2) is 4.79 Å². The molecule has 0 unspecified atom stereocenters. The van der Waals surface area contributed by atoms with E-state index in [4.69, 9.17) is 0 Å². The Morgan fingerprint density at radius 1 is 1.03 bits per heavy atom. The minimum Gasteiger partial charge on any atom is -0.506 e. The number of aryl methyl sites for hydroxylation is 1. The van der Waals surface area contributed by atoms with Crippen LogP contribution in [-0.4, -0.2) is 26.7 Å². The fraction of sp³-hybridized carbons (Fsp3) is 0.370. The molecule has 1 heterocycles. The Kier molecular flexibility index (Phi) is 7.44. The molecule has 0 aliphatic rings. The monoisotopic (exact) mass is 464 g/mol. The first-order chi connectivity index (χ1) is 16.1. The van der Waals surface area contributed by atoms with Gasteiger partial charge >= 0.3 is 5.97 Å². The van der Waals surface area contributed by atoms with Crippen molar-refractivity contribution in [2.45, 2.75) is 65.3 Å². The van der Waals surface area contributed by atoms with Crippen molar-refractivity contribution in [2.75, 3.05) is 5.32 Å². The van der Waals surface area contributed by atoms with E-state index in [9.17, 15) is 24.6 Å². The van der Waals surface area contributed by atoms with Gasteiger partial charge < -0.3 is 20.1 Å². The summed E-state index contributed by atoms with van der Waals surface area (Å²) in [5, 5.41) is 23.5. The molecule has 0 saturated heterocycles. The minimum atomic E-state index is -1.05. The number of unbranched alkanes of at least 4 members (excludes halogenated alkanes) is 3. The molecule has 3 N–H and O–H groups in total. The lowest BCUT2D eigenvalue weighted by atomic mass is 9.83. The molecule has 0 atom stereocenters. The standard InChI is InChI=1S/C27H32N2O5/c1-5-6-7-10-15-29-21-12-9-8-11-19(21)23(30)22(25(29)32)24(31)28-17-13-14-18(26(33)34)20(16-17)27(2,3)4/h8-9,11-14,16,30H,5-7,10,15H2,1-4H3,(H,28,31)(H,33,34). The number of aromatic nitrogens is 1. The van der Waals surface area contributed by atoms with E-state index in [1.54, 1.807) is 34.9 Å². The summed E-state index contributed by atoms with van der Waals surface area (Å²) in [6.07, 6.45) is 3.87. The molecule has 0 bridgehead atoms. The Morgan fingerprint density at radius 3 is 2.38 bits per heavy atom. The number of aromatic carboxylic acids is 1. The molecule has 34 heavy (non-hydrogen) atoms. The van der Waals surface area contributed by atoms with Crippen molar-refractivity contribution in [2.24, 2.45) is 0 Å². The number of aromatic hydroxyl groups is 1. The predicted molar refractivity (Wildman–Crippen MR) is 134 cm³/mol. The maximum atomic E-state index is 13.3. The summed E-state index contributed by atoms with van der Waals surface area (Å²) in [4.78, 5) is 38.2. The molecule has 1 amide bonds. The highest BCUT2D eigenvalue weighted by atomic mass is 16.4.